The molecule has 0 radical (unpaired) electrons. The summed E-state index contributed by atoms with van der Waals surface area (Å²) in [5, 5.41) is 9.11. The first-order chi connectivity index (χ1) is 30.0. The van der Waals surface area contributed by atoms with Gasteiger partial charge in [0, 0.05) is 71.7 Å². The molecule has 0 bridgehead atoms. The Morgan fingerprint density at radius 1 is 1.00 bits per heavy atom. The molecule has 2 saturated heterocycles. The SMILES string of the molecule is CC(C)(C)C[C@@H]1N[C@@H](C(N)=O)[C@H](c2cccc(Cl)c2F)[C@]12C(=O)N(C1CCC(C(=O)NCCCC#Cc3cccc4c3CN(C3CCC(=O)NC3=O)C4=O)CC1)c1cc(Cl)ccc12. The first kappa shape index (κ1) is 44.3. The summed E-state index contributed by atoms with van der Waals surface area (Å²) in [5.41, 5.74) is 7.69. The minimum absolute atomic E-state index is 0.0620. The fraction of sp³-hybridized carbons (Fsp3) is 0.458. The molecule has 0 aromatic heterocycles. The van der Waals surface area contributed by atoms with Crippen LogP contribution in [0.15, 0.2) is 54.6 Å². The number of hydrogen-bond acceptors (Lipinski definition) is 7. The number of piperidine rings is 1. The molecular weight excluding hydrogens is 846 g/mol. The number of benzene rings is 3. The quantitative estimate of drug-likeness (QED) is 0.116. The van der Waals surface area contributed by atoms with Crippen LogP contribution in [0.2, 0.25) is 10.0 Å². The van der Waals surface area contributed by atoms with Crippen molar-refractivity contribution in [3.05, 3.63) is 98.3 Å². The summed E-state index contributed by atoms with van der Waals surface area (Å²) >= 11 is 13.0. The van der Waals surface area contributed by atoms with Gasteiger partial charge in [-0.05, 0) is 97.4 Å². The van der Waals surface area contributed by atoms with E-state index < -0.39 is 47.1 Å². The second-order valence-corrected chi connectivity index (χ2v) is 19.5. The van der Waals surface area contributed by atoms with Crippen molar-refractivity contribution < 1.29 is 33.2 Å². The number of carbonyl (C=O) groups excluding carboxylic acids is 6. The number of rotatable bonds is 9. The van der Waals surface area contributed by atoms with Crippen LogP contribution in [0.3, 0.4) is 0 Å². The maximum atomic E-state index is 16.2. The van der Waals surface area contributed by atoms with Gasteiger partial charge in [0.25, 0.3) is 5.91 Å². The Kier molecular flexibility index (Phi) is 12.2. The summed E-state index contributed by atoms with van der Waals surface area (Å²) in [6.07, 6.45) is 4.20. The molecule has 3 aromatic carbocycles. The smallest absolute Gasteiger partial charge is 0.255 e. The Hall–Kier alpha value is -5.29. The Morgan fingerprint density at radius 2 is 1.75 bits per heavy atom. The number of nitrogens with one attached hydrogen (secondary N) is 3. The maximum absolute atomic E-state index is 16.2. The van der Waals surface area contributed by atoms with E-state index in [0.29, 0.717) is 78.9 Å². The minimum Gasteiger partial charge on any atom is -0.368 e. The largest absolute Gasteiger partial charge is 0.368 e. The van der Waals surface area contributed by atoms with Gasteiger partial charge in [0.05, 0.1) is 11.1 Å². The number of nitrogens with two attached hydrogens (primary N) is 1. The summed E-state index contributed by atoms with van der Waals surface area (Å²) in [5.74, 6) is 2.29. The number of carbonyl (C=O) groups is 6. The highest BCUT2D eigenvalue weighted by Gasteiger charge is 2.68. The lowest BCUT2D eigenvalue weighted by Gasteiger charge is -2.40. The summed E-state index contributed by atoms with van der Waals surface area (Å²) in [6, 6.07) is 12.6. The molecule has 6 amide bonds. The van der Waals surface area contributed by atoms with Gasteiger partial charge < -0.3 is 26.2 Å². The van der Waals surface area contributed by atoms with Crippen LogP contribution in [0.1, 0.15) is 117 Å². The topological polar surface area (TPSA) is 171 Å². The Labute approximate surface area is 376 Å². The van der Waals surface area contributed by atoms with Crippen molar-refractivity contribution in [3.8, 4) is 11.8 Å². The number of hydrogen-bond donors (Lipinski definition) is 4. The Bertz CT molecular complexity index is 2470. The van der Waals surface area contributed by atoms with Gasteiger partial charge >= 0.3 is 0 Å². The van der Waals surface area contributed by atoms with Gasteiger partial charge in [-0.1, -0.05) is 80.1 Å². The van der Waals surface area contributed by atoms with Crippen molar-refractivity contribution in [3.63, 3.8) is 0 Å². The molecule has 63 heavy (non-hydrogen) atoms. The van der Waals surface area contributed by atoms with E-state index in [1.807, 2.05) is 12.1 Å². The number of nitrogens with zero attached hydrogens (tertiary/aromatic N) is 2. The van der Waals surface area contributed by atoms with E-state index in [0.717, 1.165) is 5.56 Å². The van der Waals surface area contributed by atoms with Gasteiger partial charge in [0.2, 0.25) is 29.5 Å². The molecule has 1 spiro atoms. The van der Waals surface area contributed by atoms with Crippen molar-refractivity contribution in [2.24, 2.45) is 17.1 Å². The van der Waals surface area contributed by atoms with E-state index in [9.17, 15) is 24.0 Å². The second-order valence-electron chi connectivity index (χ2n) is 18.6. The second kappa shape index (κ2) is 17.4. The predicted octanol–water partition coefficient (Wildman–Crippen LogP) is 6.03. The first-order valence-corrected chi connectivity index (χ1v) is 22.4. The van der Waals surface area contributed by atoms with Crippen molar-refractivity contribution >= 4 is 64.3 Å². The van der Waals surface area contributed by atoms with Crippen molar-refractivity contribution in [2.45, 2.75) is 121 Å². The molecule has 12 nitrogen and oxygen atoms in total. The highest BCUT2D eigenvalue weighted by atomic mass is 35.5. The third-order valence-electron chi connectivity index (χ3n) is 13.4. The van der Waals surface area contributed by atoms with Gasteiger partial charge in [-0.2, -0.15) is 0 Å². The molecule has 15 heteroatoms. The molecule has 330 valence electrons. The normalized spacial score (nSPS) is 26.6. The molecule has 1 saturated carbocycles. The van der Waals surface area contributed by atoms with Crippen molar-refractivity contribution in [1.29, 1.82) is 0 Å². The molecular formula is C48H51Cl2FN6O6. The van der Waals surface area contributed by atoms with Gasteiger partial charge in [0.1, 0.15) is 17.3 Å². The number of amides is 6. The fourth-order valence-corrected chi connectivity index (χ4v) is 11.0. The van der Waals surface area contributed by atoms with E-state index in [-0.39, 0.29) is 71.0 Å². The molecule has 1 unspecified atom stereocenters. The third kappa shape index (κ3) is 8.11. The van der Waals surface area contributed by atoms with Crippen LogP contribution in [0.25, 0.3) is 0 Å². The number of primary amides is 1. The lowest BCUT2D eigenvalue weighted by atomic mass is 9.62. The monoisotopic (exact) mass is 896 g/mol. The van der Waals surface area contributed by atoms with Crippen LogP contribution < -0.4 is 26.6 Å². The van der Waals surface area contributed by atoms with E-state index in [1.165, 1.54) is 11.0 Å². The summed E-state index contributed by atoms with van der Waals surface area (Å²) in [7, 11) is 0. The van der Waals surface area contributed by atoms with Crippen molar-refractivity contribution in [2.75, 3.05) is 11.4 Å². The van der Waals surface area contributed by atoms with Crippen LogP contribution in [0, 0.1) is 29.0 Å². The number of unbranched alkanes of at least 4 members (excludes halogenated alkanes) is 1. The fourth-order valence-electron chi connectivity index (χ4n) is 10.7. The number of imide groups is 1. The maximum Gasteiger partial charge on any atom is 0.255 e. The van der Waals surface area contributed by atoms with Crippen LogP contribution >= 0.6 is 23.2 Å². The Balaban J connectivity index is 0.932. The van der Waals surface area contributed by atoms with Gasteiger partial charge in [-0.25, -0.2) is 4.39 Å². The summed E-state index contributed by atoms with van der Waals surface area (Å²) in [6.45, 7) is 6.82. The number of fused-ring (bicyclic) bond motifs is 3. The minimum atomic E-state index is -1.43. The molecule has 4 heterocycles. The van der Waals surface area contributed by atoms with Crippen LogP contribution in [0.5, 0.6) is 0 Å². The van der Waals surface area contributed by atoms with Gasteiger partial charge in [-0.15, -0.1) is 0 Å². The molecule has 5 atom stereocenters. The average Bonchev–Trinajstić information content (AvgIpc) is 3.83. The first-order valence-electron chi connectivity index (χ1n) is 21.7. The van der Waals surface area contributed by atoms with Gasteiger partial charge in [0.15, 0.2) is 0 Å². The molecule has 5 aliphatic rings. The van der Waals surface area contributed by atoms with E-state index in [1.54, 1.807) is 41.3 Å². The summed E-state index contributed by atoms with van der Waals surface area (Å²) < 4.78 is 16.2. The number of halogens is 3. The lowest BCUT2D eigenvalue weighted by molar-refractivity contribution is -0.137. The van der Waals surface area contributed by atoms with E-state index in [4.69, 9.17) is 28.9 Å². The lowest BCUT2D eigenvalue weighted by Crippen LogP contribution is -2.54. The molecule has 3 fully saturated rings. The zero-order valence-electron chi connectivity index (χ0n) is 35.5. The Morgan fingerprint density at radius 3 is 2.46 bits per heavy atom. The zero-order valence-corrected chi connectivity index (χ0v) is 37.0. The van der Waals surface area contributed by atoms with E-state index >= 15 is 9.18 Å². The molecule has 1 aliphatic carbocycles. The van der Waals surface area contributed by atoms with Crippen LogP contribution in [-0.4, -0.2) is 71.1 Å². The zero-order chi connectivity index (χ0) is 45.0. The van der Waals surface area contributed by atoms with E-state index in [2.05, 4.69) is 48.6 Å². The summed E-state index contributed by atoms with van der Waals surface area (Å²) in [4.78, 5) is 82.9. The average molecular weight is 898 g/mol. The molecule has 3 aromatic rings. The standard InChI is InChI=1S/C48H51Cl2FN6O6/c1-47(2,3)24-37-48(39(41(54-37)42(52)59)31-12-8-13-34(50)40(31)51)33-19-16-28(49)23-36(33)57(46(48)63)29-17-14-27(15-18-29)43(60)53-22-6-4-5-9-26-10-7-11-30-32(26)25-56(45(30)62)35-20-21-38(58)55-44(35)61/h7-8,10-13,16,19,23,27,29,35,37,39,41,54H,4,6,14-15,17-18,20-22,24-25H2,1-3H3,(H2,52,59)(H,53,60)(H,55,58,61)/t27?,29?,35?,37-,39-,41+,48+/m0/s1. The number of anilines is 1. The van der Waals surface area contributed by atoms with Crippen LogP contribution in [0.4, 0.5) is 10.1 Å². The molecule has 5 N–H and O–H groups in total. The molecule has 8 rings (SSSR count). The highest BCUT2D eigenvalue weighted by Crippen LogP contribution is 2.59. The van der Waals surface area contributed by atoms with Gasteiger partial charge in [-0.3, -0.25) is 34.1 Å². The highest BCUT2D eigenvalue weighted by molar-refractivity contribution is 6.31. The third-order valence-corrected chi connectivity index (χ3v) is 14.0. The molecule has 4 aliphatic heterocycles. The predicted molar refractivity (Wildman–Crippen MR) is 236 cm³/mol. The van der Waals surface area contributed by atoms with Crippen molar-refractivity contribution in [1.82, 2.24) is 20.9 Å². The van der Waals surface area contributed by atoms with Crippen LogP contribution in [-0.2, 0) is 35.9 Å².